The monoisotopic (exact) mass is 163 g/mol. The molecule has 0 spiro atoms. The molecule has 0 heterocycles. The van der Waals surface area contributed by atoms with Gasteiger partial charge in [-0.25, -0.2) is 4.79 Å². The molecule has 0 aliphatic rings. The van der Waals surface area contributed by atoms with Crippen molar-refractivity contribution in [3.8, 4) is 0 Å². The number of ether oxygens (including phenoxy) is 1. The fourth-order valence-corrected chi connectivity index (χ4v) is 0.174. The molecule has 0 aliphatic carbocycles. The van der Waals surface area contributed by atoms with Crippen molar-refractivity contribution >= 4 is 5.97 Å². The van der Waals surface area contributed by atoms with E-state index in [0.29, 0.717) is 5.57 Å². The number of rotatable bonds is 1. The number of hydrogen-bond donors (Lipinski definition) is 0. The van der Waals surface area contributed by atoms with Crippen LogP contribution in [0.2, 0.25) is 0 Å². The molecule has 0 aliphatic heterocycles. The van der Waals surface area contributed by atoms with Crippen LogP contribution in [0.25, 0.3) is 0 Å². The van der Waals surface area contributed by atoms with Crippen molar-refractivity contribution in [1.29, 1.82) is 0 Å². The Labute approximate surface area is 59.4 Å². The number of carbonyl (C=O) groups excluding carboxylic acids is 1. The van der Waals surface area contributed by atoms with Gasteiger partial charge in [0.1, 0.15) is 0 Å². The first kappa shape index (κ1) is 10.7. The second-order valence-electron chi connectivity index (χ2n) is 1.27. The molecule has 0 N–H and O–H groups in total. The van der Waals surface area contributed by atoms with Crippen molar-refractivity contribution in [2.45, 2.75) is 6.92 Å². The average Bonchev–Trinajstić information content (AvgIpc) is 1.65. The van der Waals surface area contributed by atoms with Crippen LogP contribution >= 0.6 is 0 Å². The summed E-state index contributed by atoms with van der Waals surface area (Å²) < 4.78 is 4.27. The predicted octanol–water partition coefficient (Wildman–Crippen LogP) is 0.733. The van der Waals surface area contributed by atoms with Crippen molar-refractivity contribution in [3.05, 3.63) is 12.2 Å². The van der Waals surface area contributed by atoms with Crippen molar-refractivity contribution in [2.24, 2.45) is 0 Å². The van der Waals surface area contributed by atoms with E-state index in [1.807, 2.05) is 0 Å². The molecule has 1 radical (unpaired) electrons. The minimum atomic E-state index is -0.347. The van der Waals surface area contributed by atoms with Gasteiger partial charge in [0.2, 0.25) is 0 Å². The molecule has 2 nitrogen and oxygen atoms in total. The third-order valence-corrected chi connectivity index (χ3v) is 0.534. The zero-order valence-corrected chi connectivity index (χ0v) is 5.77. The number of hydrogen-bond acceptors (Lipinski definition) is 2. The van der Waals surface area contributed by atoms with Gasteiger partial charge in [0.05, 0.1) is 7.11 Å². The number of methoxy groups -OCH3 is 1. The van der Waals surface area contributed by atoms with Crippen molar-refractivity contribution in [2.75, 3.05) is 7.11 Å². The summed E-state index contributed by atoms with van der Waals surface area (Å²) in [4.78, 5) is 10.2. The molecule has 0 aromatic rings. The van der Waals surface area contributed by atoms with Crippen LogP contribution < -0.4 is 0 Å². The van der Waals surface area contributed by atoms with Crippen LogP contribution in [0.4, 0.5) is 0 Å². The summed E-state index contributed by atoms with van der Waals surface area (Å²) in [6.07, 6.45) is 0. The van der Waals surface area contributed by atoms with E-state index < -0.39 is 0 Å². The van der Waals surface area contributed by atoms with E-state index in [0.717, 1.165) is 0 Å². The molecule has 0 unspecified atom stereocenters. The Kier molecular flexibility index (Phi) is 6.50. The maximum Gasteiger partial charge on any atom is 0.332 e. The second kappa shape index (κ2) is 4.88. The standard InChI is InChI=1S/C5H8O2.Cu/c1-4(2)5(6)7-3;/h1H2,2-3H3;. The Bertz CT molecular complexity index is 98.6. The summed E-state index contributed by atoms with van der Waals surface area (Å²) in [5, 5.41) is 0. The molecule has 51 valence electrons. The van der Waals surface area contributed by atoms with Crippen LogP contribution in [0.3, 0.4) is 0 Å². The molecule has 0 fully saturated rings. The van der Waals surface area contributed by atoms with Crippen LogP contribution in [-0.4, -0.2) is 13.1 Å². The normalized spacial score (nSPS) is 6.75. The Morgan fingerprint density at radius 2 is 2.00 bits per heavy atom. The molecule has 0 saturated heterocycles. The average molecular weight is 164 g/mol. The van der Waals surface area contributed by atoms with Crippen LogP contribution in [0.15, 0.2) is 12.2 Å². The quantitative estimate of drug-likeness (QED) is 0.324. The molecule has 0 aromatic heterocycles. The summed E-state index contributed by atoms with van der Waals surface area (Å²) in [6, 6.07) is 0. The van der Waals surface area contributed by atoms with Gasteiger partial charge >= 0.3 is 5.97 Å². The summed E-state index contributed by atoms with van der Waals surface area (Å²) in [5.41, 5.74) is 0.433. The summed E-state index contributed by atoms with van der Waals surface area (Å²) in [6.45, 7) is 4.95. The topological polar surface area (TPSA) is 26.3 Å². The second-order valence-corrected chi connectivity index (χ2v) is 1.27. The van der Waals surface area contributed by atoms with Gasteiger partial charge in [-0.1, -0.05) is 6.58 Å². The zero-order valence-electron chi connectivity index (χ0n) is 4.83. The van der Waals surface area contributed by atoms with E-state index in [4.69, 9.17) is 0 Å². The molecule has 8 heavy (non-hydrogen) atoms. The van der Waals surface area contributed by atoms with Gasteiger partial charge in [-0.2, -0.15) is 0 Å². The van der Waals surface area contributed by atoms with Gasteiger partial charge < -0.3 is 4.74 Å². The van der Waals surface area contributed by atoms with E-state index in [-0.39, 0.29) is 23.0 Å². The molecule has 0 atom stereocenters. The zero-order chi connectivity index (χ0) is 5.86. The van der Waals surface area contributed by atoms with Crippen molar-refractivity contribution in [3.63, 3.8) is 0 Å². The van der Waals surface area contributed by atoms with Crippen molar-refractivity contribution < 1.29 is 26.6 Å². The van der Waals surface area contributed by atoms with Crippen molar-refractivity contribution in [1.82, 2.24) is 0 Å². The van der Waals surface area contributed by atoms with E-state index in [2.05, 4.69) is 11.3 Å². The van der Waals surface area contributed by atoms with Gasteiger partial charge in [0.15, 0.2) is 0 Å². The SMILES string of the molecule is C=C(C)C(=O)OC.[Cu]. The maximum absolute atomic E-state index is 10.2. The Hall–Kier alpha value is -0.271. The van der Waals surface area contributed by atoms with Crippen LogP contribution in [0, 0.1) is 0 Å². The smallest absolute Gasteiger partial charge is 0.332 e. The first-order chi connectivity index (χ1) is 3.18. The minimum Gasteiger partial charge on any atom is -0.466 e. The molecule has 3 heteroatoms. The third kappa shape index (κ3) is 3.90. The summed E-state index contributed by atoms with van der Waals surface area (Å²) in [5.74, 6) is -0.347. The largest absolute Gasteiger partial charge is 0.466 e. The summed E-state index contributed by atoms with van der Waals surface area (Å²) in [7, 11) is 1.33. The minimum absolute atomic E-state index is 0. The maximum atomic E-state index is 10.2. The third-order valence-electron chi connectivity index (χ3n) is 0.534. The Morgan fingerprint density at radius 3 is 2.00 bits per heavy atom. The van der Waals surface area contributed by atoms with Crippen LogP contribution in [0.1, 0.15) is 6.92 Å². The van der Waals surface area contributed by atoms with Gasteiger partial charge in [-0.05, 0) is 6.92 Å². The Morgan fingerprint density at radius 1 is 1.62 bits per heavy atom. The number of esters is 1. The fourth-order valence-electron chi connectivity index (χ4n) is 0.174. The molecular formula is C5H8CuO2. The Balaban J connectivity index is 0. The summed E-state index contributed by atoms with van der Waals surface area (Å²) >= 11 is 0. The van der Waals surface area contributed by atoms with Gasteiger partial charge in [0.25, 0.3) is 0 Å². The number of carbonyl (C=O) groups is 1. The van der Waals surface area contributed by atoms with E-state index in [1.165, 1.54) is 7.11 Å². The molecule has 0 aromatic carbocycles. The molecule has 0 saturated carbocycles. The molecule has 0 rings (SSSR count). The van der Waals surface area contributed by atoms with E-state index in [1.54, 1.807) is 6.92 Å². The molecule has 0 bridgehead atoms. The fraction of sp³-hybridized carbons (Fsp3) is 0.400. The van der Waals surface area contributed by atoms with Gasteiger partial charge in [-0.3, -0.25) is 0 Å². The first-order valence-electron chi connectivity index (χ1n) is 1.92. The van der Waals surface area contributed by atoms with Gasteiger partial charge in [-0.15, -0.1) is 0 Å². The predicted molar refractivity (Wildman–Crippen MR) is 26.8 cm³/mol. The van der Waals surface area contributed by atoms with Crippen LogP contribution in [-0.2, 0) is 26.6 Å². The van der Waals surface area contributed by atoms with Gasteiger partial charge in [0, 0.05) is 22.6 Å². The van der Waals surface area contributed by atoms with Crippen LogP contribution in [0.5, 0.6) is 0 Å². The first-order valence-corrected chi connectivity index (χ1v) is 1.92. The van der Waals surface area contributed by atoms with E-state index >= 15 is 0 Å². The molecular weight excluding hydrogens is 156 g/mol. The molecule has 0 amide bonds. The van der Waals surface area contributed by atoms with E-state index in [9.17, 15) is 4.79 Å².